The largest absolute Gasteiger partial charge is 0.347 e. The molecule has 122 valence electrons. The van der Waals surface area contributed by atoms with E-state index < -0.39 is 10.0 Å². The molecule has 1 aliphatic rings. The Bertz CT molecular complexity index is 670. The molecule has 0 saturated carbocycles. The van der Waals surface area contributed by atoms with Gasteiger partial charge in [0.05, 0.1) is 6.26 Å². The van der Waals surface area contributed by atoms with E-state index in [1.54, 1.807) is 5.38 Å². The first-order chi connectivity index (χ1) is 10.3. The normalized spacial score (nSPS) is 19.6. The summed E-state index contributed by atoms with van der Waals surface area (Å²) in [5.74, 6) is -0.620. The third kappa shape index (κ3) is 4.49. The van der Waals surface area contributed by atoms with Crippen LogP contribution in [0, 0.1) is 0 Å². The Morgan fingerprint density at radius 1 is 1.45 bits per heavy atom. The molecule has 2 N–H and O–H groups in total. The molecule has 1 aromatic heterocycles. The molecular formula is C12H18N4O4S2. The third-order valence-electron chi connectivity index (χ3n) is 3.21. The second-order valence-corrected chi connectivity index (χ2v) is 7.99. The molecule has 0 aromatic carbocycles. The van der Waals surface area contributed by atoms with Gasteiger partial charge in [0.25, 0.3) is 5.91 Å². The average molecular weight is 346 g/mol. The van der Waals surface area contributed by atoms with Crippen LogP contribution >= 0.6 is 11.3 Å². The van der Waals surface area contributed by atoms with Crippen LogP contribution in [0.2, 0.25) is 0 Å². The highest BCUT2D eigenvalue weighted by Gasteiger charge is 2.27. The molecule has 2 heterocycles. The smallest absolute Gasteiger partial charge is 0.271 e. The van der Waals surface area contributed by atoms with E-state index in [0.29, 0.717) is 18.1 Å². The van der Waals surface area contributed by atoms with E-state index in [4.69, 9.17) is 0 Å². The van der Waals surface area contributed by atoms with Crippen molar-refractivity contribution in [2.75, 3.05) is 24.7 Å². The van der Waals surface area contributed by atoms with Gasteiger partial charge in [0.2, 0.25) is 15.9 Å². The summed E-state index contributed by atoms with van der Waals surface area (Å²) in [6.45, 7) is 2.12. The molecule has 0 aliphatic carbocycles. The highest BCUT2D eigenvalue weighted by atomic mass is 32.2. The lowest BCUT2D eigenvalue weighted by Crippen LogP contribution is -2.49. The molecule has 1 atom stereocenters. The summed E-state index contributed by atoms with van der Waals surface area (Å²) in [7, 11) is -3.25. The van der Waals surface area contributed by atoms with Crippen LogP contribution in [0.15, 0.2) is 5.38 Å². The van der Waals surface area contributed by atoms with E-state index in [-0.39, 0.29) is 30.1 Å². The number of anilines is 1. The van der Waals surface area contributed by atoms with Gasteiger partial charge in [-0.3, -0.25) is 9.59 Å². The maximum atomic E-state index is 12.1. The van der Waals surface area contributed by atoms with Crippen molar-refractivity contribution in [1.82, 2.24) is 14.6 Å². The number of carbonyl (C=O) groups excluding carboxylic acids is 2. The van der Waals surface area contributed by atoms with E-state index in [2.05, 4.69) is 15.6 Å². The van der Waals surface area contributed by atoms with Gasteiger partial charge < -0.3 is 10.6 Å². The van der Waals surface area contributed by atoms with Gasteiger partial charge in [-0.25, -0.2) is 17.7 Å². The van der Waals surface area contributed by atoms with Crippen molar-refractivity contribution >= 4 is 38.3 Å². The first kappa shape index (κ1) is 16.8. The van der Waals surface area contributed by atoms with E-state index in [1.165, 1.54) is 11.2 Å². The maximum absolute atomic E-state index is 12.1. The highest BCUT2D eigenvalue weighted by molar-refractivity contribution is 7.88. The van der Waals surface area contributed by atoms with Crippen molar-refractivity contribution in [2.24, 2.45) is 0 Å². The fraction of sp³-hybridized carbons (Fsp3) is 0.583. The van der Waals surface area contributed by atoms with Gasteiger partial charge >= 0.3 is 0 Å². The number of carbonyl (C=O) groups is 2. The van der Waals surface area contributed by atoms with Gasteiger partial charge in [-0.05, 0) is 12.8 Å². The Labute approximate surface area is 133 Å². The van der Waals surface area contributed by atoms with Gasteiger partial charge in [-0.1, -0.05) is 0 Å². The first-order valence-electron chi connectivity index (χ1n) is 6.75. The average Bonchev–Trinajstić information content (AvgIpc) is 2.86. The molecule has 1 saturated heterocycles. The number of sulfonamides is 1. The lowest BCUT2D eigenvalue weighted by molar-refractivity contribution is -0.114. The minimum atomic E-state index is -3.25. The van der Waals surface area contributed by atoms with Crippen LogP contribution in [-0.4, -0.2) is 54.9 Å². The lowest BCUT2D eigenvalue weighted by Gasteiger charge is -2.31. The standard InChI is InChI=1S/C12H18N4O4S2/c1-8(17)13-12-15-10(7-21-12)11(18)14-9-4-3-5-16(6-9)22(2,19)20/h7,9H,3-6H2,1-2H3,(H,14,18)(H,13,15,17)/t9-/m1/s1. The summed E-state index contributed by atoms with van der Waals surface area (Å²) in [4.78, 5) is 27.1. The Hall–Kier alpha value is -1.52. The van der Waals surface area contributed by atoms with Crippen LogP contribution in [0.25, 0.3) is 0 Å². The van der Waals surface area contributed by atoms with Crippen molar-refractivity contribution in [3.63, 3.8) is 0 Å². The summed E-state index contributed by atoms with van der Waals surface area (Å²) >= 11 is 1.16. The molecule has 2 amide bonds. The van der Waals surface area contributed by atoms with Crippen LogP contribution in [0.3, 0.4) is 0 Å². The quantitative estimate of drug-likeness (QED) is 0.813. The summed E-state index contributed by atoms with van der Waals surface area (Å²) in [6, 6.07) is -0.234. The second-order valence-electron chi connectivity index (χ2n) is 5.15. The van der Waals surface area contributed by atoms with Crippen LogP contribution in [0.4, 0.5) is 5.13 Å². The second kappa shape index (κ2) is 6.71. The number of hydrogen-bond acceptors (Lipinski definition) is 6. The molecule has 0 radical (unpaired) electrons. The summed E-state index contributed by atoms with van der Waals surface area (Å²) in [5.41, 5.74) is 0.213. The fourth-order valence-corrected chi connectivity index (χ4v) is 3.86. The summed E-state index contributed by atoms with van der Waals surface area (Å²) < 4.78 is 24.5. The molecule has 1 fully saturated rings. The molecule has 0 bridgehead atoms. The molecule has 2 rings (SSSR count). The minimum absolute atomic E-state index is 0.213. The molecule has 0 unspecified atom stereocenters. The number of rotatable bonds is 4. The van der Waals surface area contributed by atoms with Crippen molar-refractivity contribution in [2.45, 2.75) is 25.8 Å². The molecular weight excluding hydrogens is 328 g/mol. The van der Waals surface area contributed by atoms with E-state index >= 15 is 0 Å². The van der Waals surface area contributed by atoms with Gasteiger partial charge in [0, 0.05) is 31.4 Å². The van der Waals surface area contributed by atoms with Gasteiger partial charge in [-0.15, -0.1) is 11.3 Å². The van der Waals surface area contributed by atoms with Crippen LogP contribution in [-0.2, 0) is 14.8 Å². The number of hydrogen-bond donors (Lipinski definition) is 2. The maximum Gasteiger partial charge on any atom is 0.271 e. The Kier molecular flexibility index (Phi) is 5.14. The highest BCUT2D eigenvalue weighted by Crippen LogP contribution is 2.17. The fourth-order valence-electron chi connectivity index (χ4n) is 2.21. The minimum Gasteiger partial charge on any atom is -0.347 e. The SMILES string of the molecule is CC(=O)Nc1nc(C(=O)N[C@@H]2CCCN(S(C)(=O)=O)C2)cs1. The molecule has 22 heavy (non-hydrogen) atoms. The number of thiazole rings is 1. The van der Waals surface area contributed by atoms with Crippen molar-refractivity contribution in [3.05, 3.63) is 11.1 Å². The zero-order valence-electron chi connectivity index (χ0n) is 12.3. The van der Waals surface area contributed by atoms with Gasteiger partial charge in [0.15, 0.2) is 5.13 Å². The predicted molar refractivity (Wildman–Crippen MR) is 83.3 cm³/mol. The Balaban J connectivity index is 1.96. The predicted octanol–water partition coefficient (Wildman–Crippen LogP) is 0.255. The monoisotopic (exact) mass is 346 g/mol. The molecule has 1 aliphatic heterocycles. The van der Waals surface area contributed by atoms with E-state index in [0.717, 1.165) is 24.0 Å². The first-order valence-corrected chi connectivity index (χ1v) is 9.47. The topological polar surface area (TPSA) is 108 Å². The van der Waals surface area contributed by atoms with Crippen LogP contribution in [0.1, 0.15) is 30.3 Å². The van der Waals surface area contributed by atoms with Crippen molar-refractivity contribution < 1.29 is 18.0 Å². The number of piperidine rings is 1. The Morgan fingerprint density at radius 3 is 2.82 bits per heavy atom. The van der Waals surface area contributed by atoms with Crippen molar-refractivity contribution in [1.29, 1.82) is 0 Å². The summed E-state index contributed by atoms with van der Waals surface area (Å²) in [5, 5.41) is 7.22. The number of nitrogens with one attached hydrogen (secondary N) is 2. The van der Waals surface area contributed by atoms with E-state index in [1.807, 2.05) is 0 Å². The zero-order chi connectivity index (χ0) is 16.3. The number of amides is 2. The third-order valence-corrected chi connectivity index (χ3v) is 5.24. The number of nitrogens with zero attached hydrogens (tertiary/aromatic N) is 2. The molecule has 1 aromatic rings. The summed E-state index contributed by atoms with van der Waals surface area (Å²) in [6.07, 6.45) is 2.59. The molecule has 8 nitrogen and oxygen atoms in total. The van der Waals surface area contributed by atoms with Gasteiger partial charge in [0.1, 0.15) is 5.69 Å². The lowest BCUT2D eigenvalue weighted by atomic mass is 10.1. The van der Waals surface area contributed by atoms with Gasteiger partial charge in [-0.2, -0.15) is 0 Å². The van der Waals surface area contributed by atoms with Crippen LogP contribution < -0.4 is 10.6 Å². The van der Waals surface area contributed by atoms with E-state index in [9.17, 15) is 18.0 Å². The van der Waals surface area contributed by atoms with Crippen molar-refractivity contribution in [3.8, 4) is 0 Å². The van der Waals surface area contributed by atoms with Crippen LogP contribution in [0.5, 0.6) is 0 Å². The molecule has 0 spiro atoms. The Morgan fingerprint density at radius 2 is 2.18 bits per heavy atom. The zero-order valence-corrected chi connectivity index (χ0v) is 14.0. The molecule has 10 heteroatoms. The number of aromatic nitrogens is 1.